The minimum Gasteiger partial charge on any atom is -0.384 e. The molecule has 3 aromatic heterocycles. The van der Waals surface area contributed by atoms with Gasteiger partial charge in [-0.25, -0.2) is 19.7 Å². The first kappa shape index (κ1) is 21.7. The summed E-state index contributed by atoms with van der Waals surface area (Å²) in [5, 5.41) is 12.5. The molecule has 11 nitrogen and oxygen atoms in total. The predicted molar refractivity (Wildman–Crippen MR) is 126 cm³/mol. The van der Waals surface area contributed by atoms with Crippen LogP contribution in [0.5, 0.6) is 0 Å². The molecule has 1 fully saturated rings. The second-order valence-electron chi connectivity index (χ2n) is 8.43. The van der Waals surface area contributed by atoms with E-state index in [-0.39, 0.29) is 23.9 Å². The maximum atomic E-state index is 13.2. The topological polar surface area (TPSA) is 150 Å². The van der Waals surface area contributed by atoms with E-state index >= 15 is 0 Å². The monoisotopic (exact) mass is 460 g/mol. The normalized spacial score (nSPS) is 17.5. The van der Waals surface area contributed by atoms with Crippen LogP contribution in [0.25, 0.3) is 28.0 Å². The highest BCUT2D eigenvalue weighted by Crippen LogP contribution is 2.38. The Morgan fingerprint density at radius 3 is 2.59 bits per heavy atom. The number of piperidine rings is 1. The maximum Gasteiger partial charge on any atom is 0.326 e. The lowest BCUT2D eigenvalue weighted by atomic mass is 9.98. The average Bonchev–Trinajstić information content (AvgIpc) is 2.84. The van der Waals surface area contributed by atoms with Crippen molar-refractivity contribution < 1.29 is 14.7 Å². The van der Waals surface area contributed by atoms with E-state index in [4.69, 9.17) is 10.7 Å². The van der Waals surface area contributed by atoms with Crippen molar-refractivity contribution in [2.24, 2.45) is 0 Å². The quantitative estimate of drug-likeness (QED) is 0.533. The van der Waals surface area contributed by atoms with Crippen LogP contribution in [0.4, 0.5) is 16.4 Å². The van der Waals surface area contributed by atoms with Crippen molar-refractivity contribution in [2.75, 3.05) is 23.7 Å². The Balaban J connectivity index is 1.57. The van der Waals surface area contributed by atoms with Crippen LogP contribution in [0.2, 0.25) is 0 Å². The van der Waals surface area contributed by atoms with Crippen molar-refractivity contribution in [3.05, 3.63) is 42.9 Å². The van der Waals surface area contributed by atoms with E-state index in [0.29, 0.717) is 65.2 Å². The molecule has 2 aliphatic rings. The summed E-state index contributed by atoms with van der Waals surface area (Å²) in [4.78, 5) is 46.1. The number of hydrogen-bond acceptors (Lipinski definition) is 8. The molecule has 0 unspecified atom stereocenters. The largest absolute Gasteiger partial charge is 0.384 e. The number of carbonyl (C=O) groups is 2. The Morgan fingerprint density at radius 1 is 1.21 bits per heavy atom. The number of pyridine rings is 2. The average molecular weight is 460 g/mol. The van der Waals surface area contributed by atoms with Crippen LogP contribution in [0.15, 0.2) is 37.3 Å². The van der Waals surface area contributed by atoms with Gasteiger partial charge >= 0.3 is 6.03 Å². The summed E-state index contributed by atoms with van der Waals surface area (Å²) in [5.41, 5.74) is 9.89. The van der Waals surface area contributed by atoms with Crippen molar-refractivity contribution in [3.8, 4) is 11.3 Å². The van der Waals surface area contributed by atoms with Crippen LogP contribution in [-0.4, -0.2) is 67.1 Å². The molecule has 0 aromatic carbocycles. The highest BCUT2D eigenvalue weighted by Gasteiger charge is 2.37. The van der Waals surface area contributed by atoms with Crippen LogP contribution in [0, 0.1) is 0 Å². The van der Waals surface area contributed by atoms with Crippen molar-refractivity contribution in [3.63, 3.8) is 0 Å². The smallest absolute Gasteiger partial charge is 0.326 e. The lowest BCUT2D eigenvalue weighted by molar-refractivity contribution is -0.140. The zero-order valence-corrected chi connectivity index (χ0v) is 18.6. The Bertz CT molecular complexity index is 1300. The second-order valence-corrected chi connectivity index (χ2v) is 8.43. The lowest BCUT2D eigenvalue weighted by Crippen LogP contribution is -2.54. The summed E-state index contributed by atoms with van der Waals surface area (Å²) < 4.78 is 0. The molecule has 1 atom stereocenters. The number of nitrogens with two attached hydrogens (primary N) is 1. The number of nitrogens with zero attached hydrogens (tertiary/aromatic N) is 6. The highest BCUT2D eigenvalue weighted by molar-refractivity contribution is 6.11. The van der Waals surface area contributed by atoms with Gasteiger partial charge < -0.3 is 21.1 Å². The van der Waals surface area contributed by atoms with Gasteiger partial charge in [0, 0.05) is 54.5 Å². The molecule has 3 aromatic rings. The molecular weight excluding hydrogens is 436 g/mol. The molecule has 2 aliphatic heterocycles. The van der Waals surface area contributed by atoms with E-state index in [0.717, 1.165) is 0 Å². The molecule has 174 valence electrons. The van der Waals surface area contributed by atoms with Gasteiger partial charge in [0.05, 0.1) is 16.9 Å². The van der Waals surface area contributed by atoms with Crippen molar-refractivity contribution >= 4 is 40.3 Å². The van der Waals surface area contributed by atoms with E-state index in [9.17, 15) is 14.7 Å². The van der Waals surface area contributed by atoms with Crippen molar-refractivity contribution in [1.82, 2.24) is 30.2 Å². The predicted octanol–water partition coefficient (Wildman–Crippen LogP) is 1.54. The Labute approximate surface area is 195 Å². The van der Waals surface area contributed by atoms with Crippen LogP contribution < -0.4 is 16.0 Å². The molecule has 34 heavy (non-hydrogen) atoms. The van der Waals surface area contributed by atoms with Crippen LogP contribution >= 0.6 is 0 Å². The van der Waals surface area contributed by atoms with Gasteiger partial charge in [-0.3, -0.25) is 14.7 Å². The van der Waals surface area contributed by atoms with Gasteiger partial charge in [0.25, 0.3) is 5.91 Å². The third-order valence-corrected chi connectivity index (χ3v) is 6.20. The van der Waals surface area contributed by atoms with Crippen LogP contribution in [0.3, 0.4) is 0 Å². The molecule has 11 heteroatoms. The first-order chi connectivity index (χ1) is 16.3. The van der Waals surface area contributed by atoms with E-state index < -0.39 is 6.10 Å². The van der Waals surface area contributed by atoms with Gasteiger partial charge in [0.2, 0.25) is 5.95 Å². The molecule has 0 spiro atoms. The molecule has 0 bridgehead atoms. The first-order valence-corrected chi connectivity index (χ1v) is 11.0. The van der Waals surface area contributed by atoms with E-state index in [2.05, 4.69) is 26.8 Å². The number of rotatable bonds is 3. The Morgan fingerprint density at radius 2 is 1.91 bits per heavy atom. The molecule has 3 amide bonds. The zero-order valence-electron chi connectivity index (χ0n) is 18.6. The molecule has 5 heterocycles. The number of amides is 3. The number of aliphatic hydroxyl groups is 1. The number of carbonyl (C=O) groups excluding carboxylic acids is 2. The fourth-order valence-electron chi connectivity index (χ4n) is 4.46. The minimum absolute atomic E-state index is 0.166. The molecule has 5 rings (SSSR count). The lowest BCUT2D eigenvalue weighted by Gasteiger charge is -2.41. The number of likely N-dealkylation sites (tertiary alicyclic amines) is 1. The summed E-state index contributed by atoms with van der Waals surface area (Å²) in [6.45, 7) is 6.34. The number of nitrogens with one attached hydrogen (secondary N) is 1. The summed E-state index contributed by atoms with van der Waals surface area (Å²) >= 11 is 0. The summed E-state index contributed by atoms with van der Waals surface area (Å²) in [7, 11) is 0. The van der Waals surface area contributed by atoms with Crippen molar-refractivity contribution in [1.29, 1.82) is 0 Å². The molecule has 0 saturated carbocycles. The third kappa shape index (κ3) is 3.69. The first-order valence-electron chi connectivity index (χ1n) is 11.0. The van der Waals surface area contributed by atoms with Gasteiger partial charge in [-0.2, -0.15) is 0 Å². The third-order valence-electron chi connectivity index (χ3n) is 6.20. The number of nitrogen functional groups attached to an aromatic ring is 1. The van der Waals surface area contributed by atoms with E-state index in [1.54, 1.807) is 28.4 Å². The molecule has 4 N–H and O–H groups in total. The summed E-state index contributed by atoms with van der Waals surface area (Å²) in [6.07, 6.45) is 4.95. The number of aromatic nitrogens is 4. The number of urea groups is 1. The molecule has 1 saturated heterocycles. The standard InChI is InChI=1S/C23H24N8O3/c1-12-16-11-25-18-4-3-17(14-9-26-22(24)27-10-14)29-19(18)20(16)31(23(34)28-12)15-5-7-30(8-6-15)21(33)13(2)32/h3-4,9-11,13,15,32H,1,5-8H2,2H3,(H,28,34)(H2,24,26,27)/t13-/m0/s1. The fourth-order valence-corrected chi connectivity index (χ4v) is 4.46. The van der Waals surface area contributed by atoms with E-state index in [1.165, 1.54) is 6.92 Å². The SMILES string of the molecule is C=C1NC(=O)N(C2CCN(C(=O)[C@H](C)O)CC2)c2c1cnc1ccc(-c3cnc(N)nc3)nc21. The highest BCUT2D eigenvalue weighted by atomic mass is 16.3. The van der Waals surface area contributed by atoms with Gasteiger partial charge in [-0.15, -0.1) is 0 Å². The number of fused-ring (bicyclic) bond motifs is 3. The number of hydrogen-bond donors (Lipinski definition) is 3. The minimum atomic E-state index is -1.05. The number of aliphatic hydroxyl groups excluding tert-OH is 1. The molecule has 0 radical (unpaired) electrons. The Kier molecular flexibility index (Phi) is 5.33. The van der Waals surface area contributed by atoms with Crippen LogP contribution in [-0.2, 0) is 4.79 Å². The summed E-state index contributed by atoms with van der Waals surface area (Å²) in [6, 6.07) is 3.19. The second kappa shape index (κ2) is 8.34. The maximum absolute atomic E-state index is 13.2. The van der Waals surface area contributed by atoms with Crippen molar-refractivity contribution in [2.45, 2.75) is 31.9 Å². The summed E-state index contributed by atoms with van der Waals surface area (Å²) in [5.74, 6) is -0.134. The van der Waals surface area contributed by atoms with Gasteiger partial charge in [0.15, 0.2) is 0 Å². The zero-order chi connectivity index (χ0) is 24.0. The van der Waals surface area contributed by atoms with Gasteiger partial charge in [-0.1, -0.05) is 6.58 Å². The Hall–Kier alpha value is -4.12. The molecular formula is C23H24N8O3. The fraction of sp³-hybridized carbons (Fsp3) is 0.304. The van der Waals surface area contributed by atoms with E-state index in [1.807, 2.05) is 12.1 Å². The van der Waals surface area contributed by atoms with Crippen LogP contribution in [0.1, 0.15) is 25.3 Å². The van der Waals surface area contributed by atoms with Gasteiger partial charge in [0.1, 0.15) is 11.6 Å². The molecule has 0 aliphatic carbocycles. The number of anilines is 2. The van der Waals surface area contributed by atoms with Gasteiger partial charge in [-0.05, 0) is 31.9 Å².